The van der Waals surface area contributed by atoms with Crippen LogP contribution in [0.3, 0.4) is 0 Å². The number of anilines is 1. The zero-order valence-electron chi connectivity index (χ0n) is 14.1. The summed E-state index contributed by atoms with van der Waals surface area (Å²) in [7, 11) is 0. The van der Waals surface area contributed by atoms with Crippen LogP contribution in [0.1, 0.15) is 35.4 Å². The second-order valence-electron chi connectivity index (χ2n) is 7.32. The number of fused-ring (bicyclic) bond motifs is 1. The number of alkyl halides is 3. The van der Waals surface area contributed by atoms with Gasteiger partial charge in [-0.15, -0.1) is 0 Å². The summed E-state index contributed by atoms with van der Waals surface area (Å²) in [6, 6.07) is 10.1. The fourth-order valence-corrected chi connectivity index (χ4v) is 4.65. The number of rotatable bonds is 2. The molecule has 0 bridgehead atoms. The molecule has 2 fully saturated rings. The van der Waals surface area contributed by atoms with Crippen LogP contribution >= 0.6 is 0 Å². The van der Waals surface area contributed by atoms with Crippen LogP contribution in [0.25, 0.3) is 0 Å². The van der Waals surface area contributed by atoms with E-state index in [1.54, 1.807) is 18.3 Å². The lowest BCUT2D eigenvalue weighted by Gasteiger charge is -2.23. The summed E-state index contributed by atoms with van der Waals surface area (Å²) >= 11 is 0. The normalized spacial score (nSPS) is 26.1. The lowest BCUT2D eigenvalue weighted by atomic mass is 9.91. The van der Waals surface area contributed by atoms with Crippen molar-refractivity contribution in [3.05, 3.63) is 59.3 Å². The molecule has 3 atom stereocenters. The first-order valence-corrected chi connectivity index (χ1v) is 8.76. The molecule has 1 unspecified atom stereocenters. The summed E-state index contributed by atoms with van der Waals surface area (Å²) in [5, 5.41) is 0. The number of benzene rings is 1. The third kappa shape index (κ3) is 3.00. The monoisotopic (exact) mass is 346 g/mol. The Labute approximate surface area is 145 Å². The van der Waals surface area contributed by atoms with Gasteiger partial charge >= 0.3 is 6.18 Å². The van der Waals surface area contributed by atoms with Crippen LogP contribution in [-0.4, -0.2) is 18.1 Å². The van der Waals surface area contributed by atoms with Crippen molar-refractivity contribution in [2.24, 2.45) is 11.8 Å². The van der Waals surface area contributed by atoms with Gasteiger partial charge in [0, 0.05) is 19.3 Å². The summed E-state index contributed by atoms with van der Waals surface area (Å²) in [4.78, 5) is 6.79. The highest BCUT2D eigenvalue weighted by Crippen LogP contribution is 2.49. The molecule has 4 rings (SSSR count). The van der Waals surface area contributed by atoms with Crippen LogP contribution in [0.4, 0.5) is 19.0 Å². The molecule has 0 N–H and O–H groups in total. The summed E-state index contributed by atoms with van der Waals surface area (Å²) in [6.45, 7) is 3.85. The van der Waals surface area contributed by atoms with E-state index in [-0.39, 0.29) is 5.92 Å². The zero-order valence-corrected chi connectivity index (χ0v) is 14.1. The second kappa shape index (κ2) is 6.04. The van der Waals surface area contributed by atoms with Crippen molar-refractivity contribution < 1.29 is 13.2 Å². The predicted octanol–water partition coefficient (Wildman–Crippen LogP) is 5.04. The summed E-state index contributed by atoms with van der Waals surface area (Å²) in [5.41, 5.74) is 1.17. The predicted molar refractivity (Wildman–Crippen MR) is 91.6 cm³/mol. The van der Waals surface area contributed by atoms with Crippen molar-refractivity contribution in [1.29, 1.82) is 0 Å². The first-order valence-electron chi connectivity index (χ1n) is 8.76. The maximum Gasteiger partial charge on any atom is 0.416 e. The number of aromatic nitrogens is 1. The second-order valence-corrected chi connectivity index (χ2v) is 7.32. The van der Waals surface area contributed by atoms with E-state index >= 15 is 0 Å². The molecule has 5 heteroatoms. The Bertz CT molecular complexity index is 758. The Balaban J connectivity index is 1.52. The standard InChI is InChI=1S/C20H21F3N2/c1-13-5-4-8-24-19(13)25-11-15-9-14(10-16(15)12-25)17-6-2-3-7-18(17)20(21,22)23/h2-8,14-16H,9-12H2,1H3/t14?,15-,16+. The van der Waals surface area contributed by atoms with Gasteiger partial charge in [0.25, 0.3) is 0 Å². The van der Waals surface area contributed by atoms with E-state index in [2.05, 4.69) is 22.9 Å². The van der Waals surface area contributed by atoms with Gasteiger partial charge in [-0.25, -0.2) is 4.98 Å². The molecule has 2 nitrogen and oxygen atoms in total. The topological polar surface area (TPSA) is 16.1 Å². The molecule has 2 aliphatic rings. The van der Waals surface area contributed by atoms with Crippen LogP contribution in [-0.2, 0) is 6.18 Å². The minimum absolute atomic E-state index is 0.0137. The van der Waals surface area contributed by atoms with E-state index in [0.29, 0.717) is 17.4 Å². The molecule has 25 heavy (non-hydrogen) atoms. The minimum atomic E-state index is -4.27. The Morgan fingerprint density at radius 3 is 2.32 bits per heavy atom. The van der Waals surface area contributed by atoms with E-state index in [1.165, 1.54) is 12.1 Å². The van der Waals surface area contributed by atoms with Gasteiger partial charge in [0.1, 0.15) is 5.82 Å². The largest absolute Gasteiger partial charge is 0.416 e. The highest BCUT2D eigenvalue weighted by molar-refractivity contribution is 5.47. The Morgan fingerprint density at radius 2 is 1.68 bits per heavy atom. The van der Waals surface area contributed by atoms with E-state index in [1.807, 2.05) is 6.07 Å². The molecule has 0 radical (unpaired) electrons. The number of pyridine rings is 1. The fraction of sp³-hybridized carbons (Fsp3) is 0.450. The van der Waals surface area contributed by atoms with E-state index in [0.717, 1.165) is 37.3 Å². The van der Waals surface area contributed by atoms with Gasteiger partial charge in [-0.1, -0.05) is 24.3 Å². The first-order chi connectivity index (χ1) is 11.9. The Hall–Kier alpha value is -2.04. The smallest absolute Gasteiger partial charge is 0.356 e. The van der Waals surface area contributed by atoms with Gasteiger partial charge in [0.2, 0.25) is 0 Å². The number of halogens is 3. The number of hydrogen-bond donors (Lipinski definition) is 0. The first kappa shape index (κ1) is 16.4. The molecule has 1 aliphatic carbocycles. The molecule has 1 aromatic carbocycles. The SMILES string of the molecule is Cc1cccnc1N1C[C@H]2CC(c3ccccc3C(F)(F)F)C[C@H]2C1. The van der Waals surface area contributed by atoms with Gasteiger partial charge in [-0.2, -0.15) is 13.2 Å². The van der Waals surface area contributed by atoms with Crippen LogP contribution in [0.2, 0.25) is 0 Å². The number of hydrogen-bond acceptors (Lipinski definition) is 2. The van der Waals surface area contributed by atoms with Gasteiger partial charge in [-0.05, 0) is 60.8 Å². The molecule has 1 aliphatic heterocycles. The average molecular weight is 346 g/mol. The van der Waals surface area contributed by atoms with E-state index in [4.69, 9.17) is 0 Å². The third-order valence-electron chi connectivity index (χ3n) is 5.74. The summed E-state index contributed by atoms with van der Waals surface area (Å²) < 4.78 is 39.9. The molecule has 0 amide bonds. The van der Waals surface area contributed by atoms with Crippen LogP contribution in [0.5, 0.6) is 0 Å². The Morgan fingerprint density at radius 1 is 1.00 bits per heavy atom. The lowest BCUT2D eigenvalue weighted by molar-refractivity contribution is -0.138. The van der Waals surface area contributed by atoms with Gasteiger partial charge < -0.3 is 4.90 Å². The van der Waals surface area contributed by atoms with Crippen molar-refractivity contribution in [1.82, 2.24) is 4.98 Å². The van der Waals surface area contributed by atoms with Gasteiger partial charge in [0.15, 0.2) is 0 Å². The third-order valence-corrected chi connectivity index (χ3v) is 5.74. The van der Waals surface area contributed by atoms with Crippen LogP contribution < -0.4 is 4.90 Å². The van der Waals surface area contributed by atoms with Crippen molar-refractivity contribution >= 4 is 5.82 Å². The average Bonchev–Trinajstić information content (AvgIpc) is 3.13. The molecule has 1 aromatic heterocycles. The van der Waals surface area contributed by atoms with Crippen LogP contribution in [0.15, 0.2) is 42.6 Å². The molecule has 1 saturated carbocycles. The maximum absolute atomic E-state index is 13.3. The molecule has 132 valence electrons. The number of nitrogens with zero attached hydrogens (tertiary/aromatic N) is 2. The van der Waals surface area contributed by atoms with E-state index < -0.39 is 11.7 Å². The highest BCUT2D eigenvalue weighted by atomic mass is 19.4. The van der Waals surface area contributed by atoms with Crippen molar-refractivity contribution in [3.63, 3.8) is 0 Å². The quantitative estimate of drug-likeness (QED) is 0.757. The lowest BCUT2D eigenvalue weighted by Crippen LogP contribution is -2.23. The van der Waals surface area contributed by atoms with E-state index in [9.17, 15) is 13.2 Å². The fourth-order valence-electron chi connectivity index (χ4n) is 4.65. The molecule has 1 saturated heterocycles. The van der Waals surface area contributed by atoms with Gasteiger partial charge in [-0.3, -0.25) is 0 Å². The highest BCUT2D eigenvalue weighted by Gasteiger charge is 2.44. The van der Waals surface area contributed by atoms with Crippen molar-refractivity contribution in [2.45, 2.75) is 31.9 Å². The maximum atomic E-state index is 13.3. The van der Waals surface area contributed by atoms with Gasteiger partial charge in [0.05, 0.1) is 5.56 Å². The molecule has 2 aromatic rings. The van der Waals surface area contributed by atoms with Crippen molar-refractivity contribution in [3.8, 4) is 0 Å². The minimum Gasteiger partial charge on any atom is -0.356 e. The van der Waals surface area contributed by atoms with Crippen LogP contribution in [0, 0.1) is 18.8 Å². The summed E-state index contributed by atoms with van der Waals surface area (Å²) in [5.74, 6) is 1.93. The molecular formula is C20H21F3N2. The molecule has 2 heterocycles. The Kier molecular flexibility index (Phi) is 3.97. The summed E-state index contributed by atoms with van der Waals surface area (Å²) in [6.07, 6.45) is -0.801. The number of aryl methyl sites for hydroxylation is 1. The molecular weight excluding hydrogens is 325 g/mol. The molecule has 0 spiro atoms. The zero-order chi connectivity index (χ0) is 17.6. The van der Waals surface area contributed by atoms with Crippen molar-refractivity contribution in [2.75, 3.05) is 18.0 Å².